The van der Waals surface area contributed by atoms with E-state index in [0.29, 0.717) is 6.04 Å². The van der Waals surface area contributed by atoms with Crippen LogP contribution in [0.1, 0.15) is 39.2 Å². The normalized spacial score (nSPS) is 20.2. The average molecular weight is 289 g/mol. The third-order valence-electron chi connectivity index (χ3n) is 4.83. The number of benzene rings is 1. The van der Waals surface area contributed by atoms with Crippen molar-refractivity contribution in [3.8, 4) is 0 Å². The molecule has 2 atom stereocenters. The summed E-state index contributed by atoms with van der Waals surface area (Å²) in [6.45, 7) is 11.3. The minimum Gasteiger partial charge on any atom is -0.370 e. The second kappa shape index (κ2) is 7.81. The summed E-state index contributed by atoms with van der Waals surface area (Å²) in [6, 6.07) is 9.78. The average Bonchev–Trinajstić information content (AvgIpc) is 2.98. The number of rotatable bonds is 7. The van der Waals surface area contributed by atoms with Gasteiger partial charge in [-0.25, -0.2) is 0 Å². The number of nitrogens with two attached hydrogens (primary N) is 1. The molecule has 1 aromatic rings. The standard InChI is InChI=1S/C18H31N3/c1-4-16(19)13-15-9-7-8-10-18(15)21-12-11-17(14-21)20(5-2)6-3/h7-10,16-17H,4-6,11-14,19H2,1-3H3. The van der Waals surface area contributed by atoms with Gasteiger partial charge < -0.3 is 10.6 Å². The Labute approximate surface area is 130 Å². The van der Waals surface area contributed by atoms with E-state index in [4.69, 9.17) is 5.73 Å². The van der Waals surface area contributed by atoms with Crippen molar-refractivity contribution >= 4 is 5.69 Å². The van der Waals surface area contributed by atoms with Gasteiger partial charge in [-0.15, -0.1) is 0 Å². The van der Waals surface area contributed by atoms with Gasteiger partial charge in [0.15, 0.2) is 0 Å². The van der Waals surface area contributed by atoms with Crippen molar-refractivity contribution in [1.29, 1.82) is 0 Å². The smallest absolute Gasteiger partial charge is 0.0399 e. The fourth-order valence-electron chi connectivity index (χ4n) is 3.42. The van der Waals surface area contributed by atoms with Crippen LogP contribution in [-0.2, 0) is 6.42 Å². The van der Waals surface area contributed by atoms with Crippen molar-refractivity contribution in [3.05, 3.63) is 29.8 Å². The summed E-state index contributed by atoms with van der Waals surface area (Å²) in [6.07, 6.45) is 3.30. The molecule has 3 heteroatoms. The zero-order valence-electron chi connectivity index (χ0n) is 13.9. The van der Waals surface area contributed by atoms with E-state index in [-0.39, 0.29) is 6.04 Å². The maximum atomic E-state index is 6.16. The second-order valence-corrected chi connectivity index (χ2v) is 6.11. The molecule has 0 aromatic heterocycles. The topological polar surface area (TPSA) is 32.5 Å². The summed E-state index contributed by atoms with van der Waals surface area (Å²) in [5.74, 6) is 0. The van der Waals surface area contributed by atoms with Crippen LogP contribution in [0.2, 0.25) is 0 Å². The molecule has 0 aliphatic carbocycles. The molecule has 1 saturated heterocycles. The van der Waals surface area contributed by atoms with Crippen LogP contribution in [0, 0.1) is 0 Å². The van der Waals surface area contributed by atoms with Crippen molar-refractivity contribution < 1.29 is 0 Å². The number of anilines is 1. The number of hydrogen-bond donors (Lipinski definition) is 1. The Morgan fingerprint density at radius 3 is 2.62 bits per heavy atom. The van der Waals surface area contributed by atoms with E-state index < -0.39 is 0 Å². The third kappa shape index (κ3) is 3.98. The van der Waals surface area contributed by atoms with Gasteiger partial charge in [-0.3, -0.25) is 4.90 Å². The number of para-hydroxylation sites is 1. The Bertz CT molecular complexity index is 428. The first-order valence-electron chi connectivity index (χ1n) is 8.52. The highest BCUT2D eigenvalue weighted by molar-refractivity contribution is 5.55. The lowest BCUT2D eigenvalue weighted by Crippen LogP contribution is -2.37. The van der Waals surface area contributed by atoms with Crippen LogP contribution in [0.5, 0.6) is 0 Å². The van der Waals surface area contributed by atoms with Crippen LogP contribution in [0.25, 0.3) is 0 Å². The molecule has 0 saturated carbocycles. The number of hydrogen-bond acceptors (Lipinski definition) is 3. The molecule has 0 amide bonds. The number of nitrogens with zero attached hydrogens (tertiary/aromatic N) is 2. The van der Waals surface area contributed by atoms with Crippen molar-refractivity contribution in [2.45, 2.75) is 52.1 Å². The van der Waals surface area contributed by atoms with Gasteiger partial charge in [-0.1, -0.05) is 39.0 Å². The molecular weight excluding hydrogens is 258 g/mol. The molecule has 1 aliphatic rings. The second-order valence-electron chi connectivity index (χ2n) is 6.11. The lowest BCUT2D eigenvalue weighted by Gasteiger charge is -2.27. The van der Waals surface area contributed by atoms with E-state index in [1.165, 1.54) is 24.2 Å². The fourth-order valence-corrected chi connectivity index (χ4v) is 3.42. The van der Waals surface area contributed by atoms with Gasteiger partial charge in [0.25, 0.3) is 0 Å². The van der Waals surface area contributed by atoms with Gasteiger partial charge in [-0.05, 0) is 44.0 Å². The predicted molar refractivity (Wildman–Crippen MR) is 92.0 cm³/mol. The molecule has 2 N–H and O–H groups in total. The van der Waals surface area contributed by atoms with Crippen molar-refractivity contribution in [1.82, 2.24) is 4.90 Å². The van der Waals surface area contributed by atoms with Gasteiger partial charge in [0.2, 0.25) is 0 Å². The lowest BCUT2D eigenvalue weighted by molar-refractivity contribution is 0.232. The Hall–Kier alpha value is -1.06. The lowest BCUT2D eigenvalue weighted by atomic mass is 10.0. The van der Waals surface area contributed by atoms with E-state index in [9.17, 15) is 0 Å². The highest BCUT2D eigenvalue weighted by Gasteiger charge is 2.27. The van der Waals surface area contributed by atoms with Gasteiger partial charge in [0, 0.05) is 30.9 Å². The van der Waals surface area contributed by atoms with Crippen molar-refractivity contribution in [3.63, 3.8) is 0 Å². The van der Waals surface area contributed by atoms with Gasteiger partial charge in [0.05, 0.1) is 0 Å². The number of likely N-dealkylation sites (N-methyl/N-ethyl adjacent to an activating group) is 1. The van der Waals surface area contributed by atoms with Gasteiger partial charge in [0.1, 0.15) is 0 Å². The molecule has 1 aromatic carbocycles. The molecule has 1 aliphatic heterocycles. The Balaban J connectivity index is 2.09. The van der Waals surface area contributed by atoms with Crippen LogP contribution in [0.4, 0.5) is 5.69 Å². The summed E-state index contributed by atoms with van der Waals surface area (Å²) in [7, 11) is 0. The van der Waals surface area contributed by atoms with Crippen LogP contribution < -0.4 is 10.6 Å². The van der Waals surface area contributed by atoms with Crippen LogP contribution in [-0.4, -0.2) is 43.2 Å². The molecule has 2 rings (SSSR count). The Morgan fingerprint density at radius 1 is 1.24 bits per heavy atom. The summed E-state index contributed by atoms with van der Waals surface area (Å²) in [5, 5.41) is 0. The molecule has 118 valence electrons. The maximum absolute atomic E-state index is 6.16. The minimum absolute atomic E-state index is 0.271. The molecular formula is C18H31N3. The molecule has 21 heavy (non-hydrogen) atoms. The molecule has 1 heterocycles. The van der Waals surface area contributed by atoms with E-state index in [1.54, 1.807) is 0 Å². The largest absolute Gasteiger partial charge is 0.370 e. The first-order valence-corrected chi connectivity index (χ1v) is 8.52. The van der Waals surface area contributed by atoms with E-state index in [2.05, 4.69) is 54.8 Å². The Morgan fingerprint density at radius 2 is 1.95 bits per heavy atom. The molecule has 0 radical (unpaired) electrons. The van der Waals surface area contributed by atoms with E-state index in [1.807, 2.05) is 0 Å². The summed E-state index contributed by atoms with van der Waals surface area (Å²) < 4.78 is 0. The predicted octanol–water partition coefficient (Wildman–Crippen LogP) is 2.89. The fraction of sp³-hybridized carbons (Fsp3) is 0.667. The van der Waals surface area contributed by atoms with E-state index in [0.717, 1.165) is 32.5 Å². The molecule has 0 bridgehead atoms. The maximum Gasteiger partial charge on any atom is 0.0399 e. The first-order chi connectivity index (χ1) is 10.2. The zero-order chi connectivity index (χ0) is 15.2. The SMILES string of the molecule is CCC(N)Cc1ccccc1N1CCC(N(CC)CC)C1. The summed E-state index contributed by atoms with van der Waals surface area (Å²) in [5.41, 5.74) is 8.97. The minimum atomic E-state index is 0.271. The quantitative estimate of drug-likeness (QED) is 0.838. The monoisotopic (exact) mass is 289 g/mol. The zero-order valence-corrected chi connectivity index (χ0v) is 13.9. The molecule has 2 unspecified atom stereocenters. The van der Waals surface area contributed by atoms with Crippen molar-refractivity contribution in [2.24, 2.45) is 5.73 Å². The Kier molecular flexibility index (Phi) is 6.07. The van der Waals surface area contributed by atoms with Gasteiger partial charge in [-0.2, -0.15) is 0 Å². The molecule has 1 fully saturated rings. The summed E-state index contributed by atoms with van der Waals surface area (Å²) in [4.78, 5) is 5.14. The van der Waals surface area contributed by atoms with Crippen LogP contribution in [0.3, 0.4) is 0 Å². The summed E-state index contributed by atoms with van der Waals surface area (Å²) >= 11 is 0. The first kappa shape index (κ1) is 16.3. The molecule has 3 nitrogen and oxygen atoms in total. The van der Waals surface area contributed by atoms with Crippen molar-refractivity contribution in [2.75, 3.05) is 31.1 Å². The highest BCUT2D eigenvalue weighted by Crippen LogP contribution is 2.27. The van der Waals surface area contributed by atoms with E-state index >= 15 is 0 Å². The van der Waals surface area contributed by atoms with Crippen LogP contribution in [0.15, 0.2) is 24.3 Å². The van der Waals surface area contributed by atoms with Gasteiger partial charge >= 0.3 is 0 Å². The highest BCUT2D eigenvalue weighted by atomic mass is 15.3. The third-order valence-corrected chi connectivity index (χ3v) is 4.83. The molecule has 0 spiro atoms. The van der Waals surface area contributed by atoms with Crippen LogP contribution >= 0.6 is 0 Å².